The average Bonchev–Trinajstić information content (AvgIpc) is 2.68. The van der Waals surface area contributed by atoms with E-state index >= 15 is 0 Å². The van der Waals surface area contributed by atoms with Gasteiger partial charge in [-0.1, -0.05) is 38.8 Å². The van der Waals surface area contributed by atoms with Gasteiger partial charge in [-0.3, -0.25) is 14.8 Å². The number of rotatable bonds is 7. The SMILES string of the molecule is CCC(CC)CNc1c(C(N)=O)c(C)nc2ccc(-c3cccnc3)cc12. The second kappa shape index (κ2) is 8.16. The fourth-order valence-corrected chi connectivity index (χ4v) is 3.41. The molecule has 27 heavy (non-hydrogen) atoms. The Kier molecular flexibility index (Phi) is 5.69. The number of carbonyl (C=O) groups is 1. The van der Waals surface area contributed by atoms with Crippen molar-refractivity contribution in [2.75, 3.05) is 11.9 Å². The molecule has 140 valence electrons. The zero-order valence-corrected chi connectivity index (χ0v) is 16.1. The molecule has 2 aromatic heterocycles. The fraction of sp³-hybridized carbons (Fsp3) is 0.318. The van der Waals surface area contributed by atoms with E-state index in [-0.39, 0.29) is 0 Å². The lowest BCUT2D eigenvalue weighted by molar-refractivity contribution is 0.1000. The molecule has 0 aliphatic heterocycles. The zero-order valence-electron chi connectivity index (χ0n) is 16.1. The predicted molar refractivity (Wildman–Crippen MR) is 111 cm³/mol. The number of aryl methyl sites for hydroxylation is 1. The van der Waals surface area contributed by atoms with E-state index in [0.29, 0.717) is 17.2 Å². The van der Waals surface area contributed by atoms with Gasteiger partial charge in [0.15, 0.2) is 0 Å². The largest absolute Gasteiger partial charge is 0.384 e. The highest BCUT2D eigenvalue weighted by molar-refractivity contribution is 6.08. The van der Waals surface area contributed by atoms with E-state index < -0.39 is 5.91 Å². The van der Waals surface area contributed by atoms with Crippen molar-refractivity contribution in [1.29, 1.82) is 0 Å². The van der Waals surface area contributed by atoms with E-state index in [4.69, 9.17) is 5.73 Å². The highest BCUT2D eigenvalue weighted by Gasteiger charge is 2.18. The fourth-order valence-electron chi connectivity index (χ4n) is 3.41. The van der Waals surface area contributed by atoms with Crippen molar-refractivity contribution < 1.29 is 4.79 Å². The van der Waals surface area contributed by atoms with Crippen molar-refractivity contribution in [2.24, 2.45) is 11.7 Å². The minimum atomic E-state index is -0.458. The second-order valence-corrected chi connectivity index (χ2v) is 6.85. The number of aromatic nitrogens is 2. The summed E-state index contributed by atoms with van der Waals surface area (Å²) in [6, 6.07) is 9.99. The van der Waals surface area contributed by atoms with Crippen LogP contribution >= 0.6 is 0 Å². The quantitative estimate of drug-likeness (QED) is 0.646. The highest BCUT2D eigenvalue weighted by Crippen LogP contribution is 2.32. The van der Waals surface area contributed by atoms with Crippen LogP contribution in [0.25, 0.3) is 22.0 Å². The number of fused-ring (bicyclic) bond motifs is 1. The van der Waals surface area contributed by atoms with Gasteiger partial charge in [-0.05, 0) is 36.6 Å². The minimum Gasteiger partial charge on any atom is -0.384 e. The van der Waals surface area contributed by atoms with Gasteiger partial charge in [0.25, 0.3) is 5.91 Å². The number of benzene rings is 1. The zero-order chi connectivity index (χ0) is 19.4. The summed E-state index contributed by atoms with van der Waals surface area (Å²) in [6.07, 6.45) is 5.75. The third-order valence-electron chi connectivity index (χ3n) is 5.13. The van der Waals surface area contributed by atoms with Gasteiger partial charge in [0.05, 0.1) is 22.5 Å². The van der Waals surface area contributed by atoms with Crippen molar-refractivity contribution in [3.63, 3.8) is 0 Å². The van der Waals surface area contributed by atoms with Gasteiger partial charge in [0.1, 0.15) is 0 Å². The smallest absolute Gasteiger partial charge is 0.252 e. The number of pyridine rings is 2. The topological polar surface area (TPSA) is 80.9 Å². The maximum Gasteiger partial charge on any atom is 0.252 e. The van der Waals surface area contributed by atoms with Crippen molar-refractivity contribution in [2.45, 2.75) is 33.6 Å². The maximum absolute atomic E-state index is 12.2. The minimum absolute atomic E-state index is 0.458. The van der Waals surface area contributed by atoms with Gasteiger partial charge >= 0.3 is 0 Å². The Morgan fingerprint density at radius 1 is 1.19 bits per heavy atom. The lowest BCUT2D eigenvalue weighted by Gasteiger charge is -2.19. The van der Waals surface area contributed by atoms with Crippen LogP contribution in [0.2, 0.25) is 0 Å². The van der Waals surface area contributed by atoms with Crippen LogP contribution in [0.4, 0.5) is 5.69 Å². The molecule has 0 fully saturated rings. The molecule has 0 bridgehead atoms. The molecule has 3 N–H and O–H groups in total. The Bertz CT molecular complexity index is 949. The predicted octanol–water partition coefficient (Wildman–Crippen LogP) is 4.55. The summed E-state index contributed by atoms with van der Waals surface area (Å²) in [7, 11) is 0. The standard InChI is InChI=1S/C22H26N4O/c1-4-15(5-2)12-25-21-18-11-16(17-7-6-10-24-13-17)8-9-19(18)26-14(3)20(21)22(23)27/h6-11,13,15H,4-5,12H2,1-3H3,(H2,23,27)(H,25,26). The Labute approximate surface area is 160 Å². The van der Waals surface area contributed by atoms with E-state index in [2.05, 4.69) is 35.2 Å². The number of nitrogens with one attached hydrogen (secondary N) is 1. The van der Waals surface area contributed by atoms with Crippen molar-refractivity contribution in [1.82, 2.24) is 9.97 Å². The molecule has 0 aliphatic rings. The molecule has 0 radical (unpaired) electrons. The molecule has 2 heterocycles. The molecule has 0 saturated heterocycles. The molecule has 0 unspecified atom stereocenters. The van der Waals surface area contributed by atoms with Crippen LogP contribution in [0.15, 0.2) is 42.7 Å². The summed E-state index contributed by atoms with van der Waals surface area (Å²) in [5.41, 5.74) is 10.5. The number of hydrogen-bond acceptors (Lipinski definition) is 4. The molecule has 0 atom stereocenters. The molecule has 0 aliphatic carbocycles. The van der Waals surface area contributed by atoms with Gasteiger partial charge in [0, 0.05) is 29.9 Å². The number of amides is 1. The highest BCUT2D eigenvalue weighted by atomic mass is 16.1. The lowest BCUT2D eigenvalue weighted by Crippen LogP contribution is -2.20. The molecule has 5 nitrogen and oxygen atoms in total. The molecule has 1 aromatic carbocycles. The number of primary amides is 1. The normalized spacial score (nSPS) is 11.1. The summed E-state index contributed by atoms with van der Waals surface area (Å²) < 4.78 is 0. The molecule has 3 rings (SSSR count). The molecule has 0 saturated carbocycles. The van der Waals surface area contributed by atoms with Crippen LogP contribution in [0.3, 0.4) is 0 Å². The Morgan fingerprint density at radius 2 is 1.96 bits per heavy atom. The number of carbonyl (C=O) groups excluding carboxylic acids is 1. The summed E-state index contributed by atoms with van der Waals surface area (Å²) >= 11 is 0. The van der Waals surface area contributed by atoms with Gasteiger partial charge in [-0.2, -0.15) is 0 Å². The van der Waals surface area contributed by atoms with Crippen molar-refractivity contribution >= 4 is 22.5 Å². The second-order valence-electron chi connectivity index (χ2n) is 6.85. The van der Waals surface area contributed by atoms with Crippen molar-refractivity contribution in [3.05, 3.63) is 54.0 Å². The van der Waals surface area contributed by atoms with Crippen LogP contribution in [0, 0.1) is 12.8 Å². The monoisotopic (exact) mass is 362 g/mol. The summed E-state index contributed by atoms with van der Waals surface area (Å²) in [5.74, 6) is 0.0801. The van der Waals surface area contributed by atoms with Gasteiger partial charge < -0.3 is 11.1 Å². The summed E-state index contributed by atoms with van der Waals surface area (Å²) in [6.45, 7) is 6.99. The first-order chi connectivity index (χ1) is 13.0. The Morgan fingerprint density at radius 3 is 2.59 bits per heavy atom. The number of nitrogens with two attached hydrogens (primary N) is 1. The van der Waals surface area contributed by atoms with Crippen LogP contribution in [-0.4, -0.2) is 22.4 Å². The summed E-state index contributed by atoms with van der Waals surface area (Å²) in [5, 5.41) is 4.41. The Hall–Kier alpha value is -2.95. The number of anilines is 1. The molecular weight excluding hydrogens is 336 g/mol. The average molecular weight is 362 g/mol. The lowest BCUT2D eigenvalue weighted by atomic mass is 9.99. The summed E-state index contributed by atoms with van der Waals surface area (Å²) in [4.78, 5) is 21.0. The molecule has 0 spiro atoms. The number of hydrogen-bond donors (Lipinski definition) is 2. The van der Waals surface area contributed by atoms with E-state index in [1.165, 1.54) is 0 Å². The first-order valence-corrected chi connectivity index (χ1v) is 9.43. The van der Waals surface area contributed by atoms with Crippen LogP contribution in [-0.2, 0) is 0 Å². The van der Waals surface area contributed by atoms with E-state index in [1.54, 1.807) is 6.20 Å². The first kappa shape index (κ1) is 18.8. The first-order valence-electron chi connectivity index (χ1n) is 9.43. The molecule has 1 amide bonds. The third-order valence-corrected chi connectivity index (χ3v) is 5.13. The van der Waals surface area contributed by atoms with Crippen LogP contribution < -0.4 is 11.1 Å². The van der Waals surface area contributed by atoms with Gasteiger partial charge in [0.2, 0.25) is 0 Å². The van der Waals surface area contributed by atoms with Gasteiger partial charge in [-0.15, -0.1) is 0 Å². The van der Waals surface area contributed by atoms with E-state index in [9.17, 15) is 4.79 Å². The van der Waals surface area contributed by atoms with Crippen molar-refractivity contribution in [3.8, 4) is 11.1 Å². The van der Waals surface area contributed by atoms with Crippen LogP contribution in [0.1, 0.15) is 42.7 Å². The van der Waals surface area contributed by atoms with E-state index in [1.807, 2.05) is 37.4 Å². The maximum atomic E-state index is 12.2. The Balaban J connectivity index is 2.17. The van der Waals surface area contributed by atoms with Crippen LogP contribution in [0.5, 0.6) is 0 Å². The number of nitrogens with zero attached hydrogens (tertiary/aromatic N) is 2. The van der Waals surface area contributed by atoms with E-state index in [0.717, 1.165) is 47.1 Å². The molecule has 3 aromatic rings. The molecule has 5 heteroatoms. The third kappa shape index (κ3) is 3.92. The van der Waals surface area contributed by atoms with Gasteiger partial charge in [-0.25, -0.2) is 0 Å². The molecular formula is C22H26N4O.